The van der Waals surface area contributed by atoms with Gasteiger partial charge in [-0.25, -0.2) is 0 Å². The minimum atomic E-state index is 1.10. The van der Waals surface area contributed by atoms with Gasteiger partial charge in [0.05, 0.1) is 0 Å². The van der Waals surface area contributed by atoms with Crippen LogP contribution in [0, 0.1) is 0 Å². The Bertz CT molecular complexity index is 2160. The van der Waals surface area contributed by atoms with Gasteiger partial charge in [-0.2, -0.15) is 0 Å². The summed E-state index contributed by atoms with van der Waals surface area (Å²) in [5.74, 6) is 0. The second-order valence-electron chi connectivity index (χ2n) is 11.8. The van der Waals surface area contributed by atoms with Gasteiger partial charge in [0.2, 0.25) is 0 Å². The van der Waals surface area contributed by atoms with Crippen molar-refractivity contribution in [3.8, 4) is 44.5 Å². The number of hydrogen-bond acceptors (Lipinski definition) is 1. The Balaban J connectivity index is 1.35. The van der Waals surface area contributed by atoms with Crippen molar-refractivity contribution in [1.29, 1.82) is 0 Å². The molecule has 0 unspecified atom stereocenters. The van der Waals surface area contributed by atoms with Gasteiger partial charge in [-0.05, 0) is 91.7 Å². The van der Waals surface area contributed by atoms with Gasteiger partial charge in [0.25, 0.3) is 0 Å². The van der Waals surface area contributed by atoms with E-state index in [0.29, 0.717) is 0 Å². The SMILES string of the molecule is c1ccc(-c2ccc(N(c3ccc(-c4ccccc4)cc3)c3cc(-c4ccccc4)c4cccc(-c5ccccc5)c4c3)cc2)cc1. The Morgan fingerprint density at radius 1 is 0.234 bits per heavy atom. The second-order valence-corrected chi connectivity index (χ2v) is 11.8. The highest BCUT2D eigenvalue weighted by atomic mass is 15.1. The van der Waals surface area contributed by atoms with Crippen molar-refractivity contribution in [2.75, 3.05) is 4.90 Å². The molecule has 1 nitrogen and oxygen atoms in total. The second kappa shape index (κ2) is 12.7. The normalized spacial score (nSPS) is 11.0. The van der Waals surface area contributed by atoms with E-state index in [1.165, 1.54) is 55.3 Å². The maximum Gasteiger partial charge on any atom is 0.0474 e. The van der Waals surface area contributed by atoms with E-state index >= 15 is 0 Å². The maximum atomic E-state index is 2.39. The standard InChI is InChI=1S/C46H33N/c1-5-14-34(15-6-1)36-24-28-40(29-25-36)47(41-30-26-37(27-31-41)35-16-7-2-8-17-35)42-32-45(39-20-11-4-12-21-39)44-23-13-22-43(46(44)33-42)38-18-9-3-10-19-38/h1-33H. The van der Waals surface area contributed by atoms with Crippen LogP contribution in [0.2, 0.25) is 0 Å². The monoisotopic (exact) mass is 599 g/mol. The molecular weight excluding hydrogens is 567 g/mol. The number of hydrogen-bond donors (Lipinski definition) is 0. The summed E-state index contributed by atoms with van der Waals surface area (Å²) in [4.78, 5) is 2.39. The molecule has 8 rings (SSSR count). The van der Waals surface area contributed by atoms with E-state index < -0.39 is 0 Å². The molecule has 47 heavy (non-hydrogen) atoms. The van der Waals surface area contributed by atoms with Crippen molar-refractivity contribution in [2.45, 2.75) is 0 Å². The fourth-order valence-corrected chi connectivity index (χ4v) is 6.54. The molecule has 1 heteroatoms. The molecule has 0 fully saturated rings. The molecule has 0 N–H and O–H groups in total. The van der Waals surface area contributed by atoms with E-state index in [4.69, 9.17) is 0 Å². The largest absolute Gasteiger partial charge is 0.310 e. The molecule has 0 amide bonds. The van der Waals surface area contributed by atoms with Crippen LogP contribution in [-0.2, 0) is 0 Å². The lowest BCUT2D eigenvalue weighted by atomic mass is 9.91. The van der Waals surface area contributed by atoms with Crippen molar-refractivity contribution in [1.82, 2.24) is 0 Å². The molecule has 0 radical (unpaired) electrons. The highest BCUT2D eigenvalue weighted by Crippen LogP contribution is 2.43. The lowest BCUT2D eigenvalue weighted by Crippen LogP contribution is -2.10. The summed E-state index contributed by atoms with van der Waals surface area (Å²) in [6, 6.07) is 71.8. The highest BCUT2D eigenvalue weighted by molar-refractivity contribution is 6.07. The van der Waals surface area contributed by atoms with E-state index in [0.717, 1.165) is 17.1 Å². The minimum Gasteiger partial charge on any atom is -0.310 e. The third-order valence-corrected chi connectivity index (χ3v) is 8.87. The van der Waals surface area contributed by atoms with Gasteiger partial charge >= 0.3 is 0 Å². The van der Waals surface area contributed by atoms with Crippen molar-refractivity contribution in [2.24, 2.45) is 0 Å². The molecule has 222 valence electrons. The summed E-state index contributed by atoms with van der Waals surface area (Å²) in [6.07, 6.45) is 0. The van der Waals surface area contributed by atoms with Crippen LogP contribution in [0.3, 0.4) is 0 Å². The van der Waals surface area contributed by atoms with E-state index in [-0.39, 0.29) is 0 Å². The Morgan fingerprint density at radius 2 is 0.638 bits per heavy atom. The Kier molecular flexibility index (Phi) is 7.63. The first-order valence-electron chi connectivity index (χ1n) is 16.1. The first-order chi connectivity index (χ1) is 23.3. The van der Waals surface area contributed by atoms with Crippen LogP contribution < -0.4 is 4.90 Å². The van der Waals surface area contributed by atoms with Crippen molar-refractivity contribution in [3.63, 3.8) is 0 Å². The van der Waals surface area contributed by atoms with E-state index in [1.807, 2.05) is 0 Å². The third-order valence-electron chi connectivity index (χ3n) is 8.87. The van der Waals surface area contributed by atoms with Gasteiger partial charge in [-0.15, -0.1) is 0 Å². The number of rotatable bonds is 7. The Morgan fingerprint density at radius 3 is 1.11 bits per heavy atom. The lowest BCUT2D eigenvalue weighted by molar-refractivity contribution is 1.29. The van der Waals surface area contributed by atoms with Gasteiger partial charge in [-0.3, -0.25) is 0 Å². The van der Waals surface area contributed by atoms with Crippen LogP contribution in [0.4, 0.5) is 17.1 Å². The molecule has 0 aliphatic rings. The molecule has 0 heterocycles. The Labute approximate surface area is 276 Å². The van der Waals surface area contributed by atoms with Gasteiger partial charge in [0.15, 0.2) is 0 Å². The van der Waals surface area contributed by atoms with Crippen LogP contribution in [-0.4, -0.2) is 0 Å². The zero-order valence-electron chi connectivity index (χ0n) is 26.0. The number of benzene rings is 8. The van der Waals surface area contributed by atoms with E-state index in [9.17, 15) is 0 Å². The average molecular weight is 600 g/mol. The summed E-state index contributed by atoms with van der Waals surface area (Å²) < 4.78 is 0. The summed E-state index contributed by atoms with van der Waals surface area (Å²) >= 11 is 0. The predicted molar refractivity (Wildman–Crippen MR) is 200 cm³/mol. The molecule has 0 saturated heterocycles. The first-order valence-corrected chi connectivity index (χ1v) is 16.1. The van der Waals surface area contributed by atoms with Crippen molar-refractivity contribution in [3.05, 3.63) is 200 Å². The maximum absolute atomic E-state index is 2.39. The van der Waals surface area contributed by atoms with Crippen LogP contribution >= 0.6 is 0 Å². The molecular formula is C46H33N. The molecule has 0 spiro atoms. The number of nitrogens with zero attached hydrogens (tertiary/aromatic N) is 1. The zero-order valence-corrected chi connectivity index (χ0v) is 26.0. The molecule has 0 aliphatic carbocycles. The van der Waals surface area contributed by atoms with Gasteiger partial charge in [0, 0.05) is 17.1 Å². The Hall–Kier alpha value is -6.18. The minimum absolute atomic E-state index is 1.10. The zero-order chi connectivity index (χ0) is 31.4. The summed E-state index contributed by atoms with van der Waals surface area (Å²) in [7, 11) is 0. The van der Waals surface area contributed by atoms with Gasteiger partial charge in [-0.1, -0.05) is 164 Å². The van der Waals surface area contributed by atoms with Crippen molar-refractivity contribution < 1.29 is 0 Å². The highest BCUT2D eigenvalue weighted by Gasteiger charge is 2.18. The van der Waals surface area contributed by atoms with Crippen LogP contribution in [0.15, 0.2) is 200 Å². The average Bonchev–Trinajstić information content (AvgIpc) is 3.16. The topological polar surface area (TPSA) is 3.24 Å². The molecule has 0 saturated carbocycles. The first kappa shape index (κ1) is 28.3. The third kappa shape index (κ3) is 5.72. The number of fused-ring (bicyclic) bond motifs is 1. The van der Waals surface area contributed by atoms with E-state index in [2.05, 4.69) is 205 Å². The fraction of sp³-hybridized carbons (Fsp3) is 0. The molecule has 0 aromatic heterocycles. The van der Waals surface area contributed by atoms with Gasteiger partial charge in [0.1, 0.15) is 0 Å². The van der Waals surface area contributed by atoms with Crippen LogP contribution in [0.5, 0.6) is 0 Å². The summed E-state index contributed by atoms with van der Waals surface area (Å²) in [5, 5.41) is 2.46. The van der Waals surface area contributed by atoms with E-state index in [1.54, 1.807) is 0 Å². The fourth-order valence-electron chi connectivity index (χ4n) is 6.54. The number of anilines is 3. The molecule has 0 aliphatic heterocycles. The molecule has 0 atom stereocenters. The van der Waals surface area contributed by atoms with Crippen molar-refractivity contribution >= 4 is 27.8 Å². The summed E-state index contributed by atoms with van der Waals surface area (Å²) in [5.41, 5.74) is 13.0. The van der Waals surface area contributed by atoms with Crippen LogP contribution in [0.1, 0.15) is 0 Å². The van der Waals surface area contributed by atoms with Gasteiger partial charge < -0.3 is 4.90 Å². The predicted octanol–water partition coefficient (Wildman–Crippen LogP) is 13.0. The quantitative estimate of drug-likeness (QED) is 0.176. The smallest absolute Gasteiger partial charge is 0.0474 e. The summed E-state index contributed by atoms with van der Waals surface area (Å²) in [6.45, 7) is 0. The lowest BCUT2D eigenvalue weighted by Gasteiger charge is -2.27. The van der Waals surface area contributed by atoms with Crippen LogP contribution in [0.25, 0.3) is 55.3 Å². The molecule has 8 aromatic carbocycles. The molecule has 0 bridgehead atoms. The molecule has 8 aromatic rings.